The zero-order chi connectivity index (χ0) is 20.7. The average Bonchev–Trinajstić information content (AvgIpc) is 3.05. The van der Waals surface area contributed by atoms with Gasteiger partial charge in [-0.1, -0.05) is 0 Å². The monoisotopic (exact) mass is 406 g/mol. The number of benzene rings is 1. The van der Waals surface area contributed by atoms with Gasteiger partial charge < -0.3 is 19.7 Å². The van der Waals surface area contributed by atoms with Crippen molar-refractivity contribution in [3.63, 3.8) is 0 Å². The van der Waals surface area contributed by atoms with Crippen LogP contribution in [-0.2, 0) is 4.79 Å². The molecule has 2 aromatic heterocycles. The Morgan fingerprint density at radius 2 is 1.80 bits per heavy atom. The molecule has 2 aliphatic rings. The number of nitrogens with zero attached hydrogens (tertiary/aromatic N) is 5. The molecule has 1 amide bonds. The van der Waals surface area contributed by atoms with Crippen LogP contribution in [0, 0.1) is 19.8 Å². The zero-order valence-corrected chi connectivity index (χ0v) is 16.8. The van der Waals surface area contributed by atoms with Crippen molar-refractivity contribution in [2.75, 3.05) is 36.5 Å². The van der Waals surface area contributed by atoms with Crippen molar-refractivity contribution >= 4 is 17.4 Å². The van der Waals surface area contributed by atoms with Gasteiger partial charge in [0.15, 0.2) is 17.3 Å². The molecular weight excluding hydrogens is 384 g/mol. The van der Waals surface area contributed by atoms with Crippen molar-refractivity contribution < 1.29 is 14.3 Å². The Labute approximate surface area is 173 Å². The summed E-state index contributed by atoms with van der Waals surface area (Å²) in [5.41, 5.74) is 2.65. The number of carbonyl (C=O) groups is 1. The van der Waals surface area contributed by atoms with Crippen LogP contribution in [0.3, 0.4) is 0 Å². The highest BCUT2D eigenvalue weighted by atomic mass is 16.6. The number of hydrogen-bond donors (Lipinski definition) is 1. The van der Waals surface area contributed by atoms with Gasteiger partial charge in [0.25, 0.3) is 0 Å². The molecule has 0 spiro atoms. The second kappa shape index (κ2) is 7.33. The Balaban J connectivity index is 1.23. The number of nitrogens with one attached hydrogen (secondary N) is 1. The van der Waals surface area contributed by atoms with Crippen molar-refractivity contribution in [1.82, 2.24) is 19.7 Å². The first kappa shape index (κ1) is 18.4. The van der Waals surface area contributed by atoms with E-state index < -0.39 is 0 Å². The van der Waals surface area contributed by atoms with Gasteiger partial charge in [-0.05, 0) is 32.0 Å². The highest BCUT2D eigenvalue weighted by Crippen LogP contribution is 2.33. The van der Waals surface area contributed by atoms with Crippen LogP contribution in [-0.4, -0.2) is 52.0 Å². The molecule has 0 saturated carbocycles. The van der Waals surface area contributed by atoms with Gasteiger partial charge in [0, 0.05) is 36.6 Å². The highest BCUT2D eigenvalue weighted by Gasteiger charge is 2.34. The van der Waals surface area contributed by atoms with Gasteiger partial charge in [-0.2, -0.15) is 5.10 Å². The second-order valence-corrected chi connectivity index (χ2v) is 7.52. The maximum absolute atomic E-state index is 12.6. The molecule has 154 valence electrons. The van der Waals surface area contributed by atoms with E-state index in [1.54, 1.807) is 10.7 Å². The Morgan fingerprint density at radius 3 is 2.57 bits per heavy atom. The van der Waals surface area contributed by atoms with Crippen molar-refractivity contribution in [2.45, 2.75) is 13.8 Å². The number of anilines is 2. The van der Waals surface area contributed by atoms with Crippen molar-refractivity contribution in [2.24, 2.45) is 5.92 Å². The fraction of sp³-hybridized carbons (Fsp3) is 0.333. The van der Waals surface area contributed by atoms with Crippen LogP contribution in [0.15, 0.2) is 36.7 Å². The van der Waals surface area contributed by atoms with Crippen LogP contribution in [0.5, 0.6) is 11.5 Å². The van der Waals surface area contributed by atoms with Crippen LogP contribution in [0.25, 0.3) is 5.82 Å². The first-order valence-corrected chi connectivity index (χ1v) is 9.88. The third-order valence-electron chi connectivity index (χ3n) is 5.25. The van der Waals surface area contributed by atoms with E-state index in [1.165, 1.54) is 6.33 Å². The van der Waals surface area contributed by atoms with E-state index in [4.69, 9.17) is 9.47 Å². The van der Waals surface area contributed by atoms with Gasteiger partial charge in [0.05, 0.1) is 11.6 Å². The molecule has 30 heavy (non-hydrogen) atoms. The number of aryl methyl sites for hydroxylation is 2. The molecule has 0 atom stereocenters. The summed E-state index contributed by atoms with van der Waals surface area (Å²) in [6, 6.07) is 9.34. The smallest absolute Gasteiger partial charge is 0.231 e. The van der Waals surface area contributed by atoms with Crippen molar-refractivity contribution in [3.8, 4) is 17.3 Å². The quantitative estimate of drug-likeness (QED) is 0.709. The number of carbonyl (C=O) groups excluding carboxylic acids is 1. The van der Waals surface area contributed by atoms with E-state index in [9.17, 15) is 4.79 Å². The number of ether oxygens (including phenoxy) is 2. The summed E-state index contributed by atoms with van der Waals surface area (Å²) in [6.45, 7) is 6.20. The van der Waals surface area contributed by atoms with Crippen molar-refractivity contribution in [1.29, 1.82) is 0 Å². The molecule has 2 aliphatic heterocycles. The van der Waals surface area contributed by atoms with Crippen LogP contribution >= 0.6 is 0 Å². The summed E-state index contributed by atoms with van der Waals surface area (Å²) < 4.78 is 12.9. The molecule has 0 radical (unpaired) electrons. The lowest BCUT2D eigenvalue weighted by Crippen LogP contribution is -2.52. The highest BCUT2D eigenvalue weighted by molar-refractivity contribution is 5.94. The first-order chi connectivity index (χ1) is 14.6. The summed E-state index contributed by atoms with van der Waals surface area (Å²) in [5.74, 6) is 2.75. The minimum Gasteiger partial charge on any atom is -0.486 e. The fourth-order valence-electron chi connectivity index (χ4n) is 3.68. The lowest BCUT2D eigenvalue weighted by Gasteiger charge is -2.39. The van der Waals surface area contributed by atoms with Gasteiger partial charge in [-0.3, -0.25) is 4.79 Å². The molecule has 1 saturated heterocycles. The molecule has 0 bridgehead atoms. The Kier molecular flexibility index (Phi) is 4.50. The molecule has 4 heterocycles. The molecule has 0 aliphatic carbocycles. The van der Waals surface area contributed by atoms with Gasteiger partial charge in [0.2, 0.25) is 5.91 Å². The lowest BCUT2D eigenvalue weighted by atomic mass is 9.99. The third-order valence-corrected chi connectivity index (χ3v) is 5.25. The average molecular weight is 406 g/mol. The molecule has 9 heteroatoms. The number of aromatic nitrogens is 4. The SMILES string of the molecule is Cc1cc(C)n(-c2cc(N3CC(C(=O)Nc4ccc5c(c4)OCCO5)C3)ncn2)n1. The van der Waals surface area contributed by atoms with E-state index >= 15 is 0 Å². The molecular formula is C21H22N6O3. The Bertz CT molecular complexity index is 1110. The fourth-order valence-corrected chi connectivity index (χ4v) is 3.68. The Hall–Kier alpha value is -3.62. The summed E-state index contributed by atoms with van der Waals surface area (Å²) in [5, 5.41) is 7.44. The van der Waals surface area contributed by atoms with E-state index in [2.05, 4.69) is 25.3 Å². The van der Waals surface area contributed by atoms with Gasteiger partial charge in [-0.25, -0.2) is 14.6 Å². The van der Waals surface area contributed by atoms with Gasteiger partial charge in [-0.15, -0.1) is 0 Å². The summed E-state index contributed by atoms with van der Waals surface area (Å²) in [4.78, 5) is 23.4. The molecule has 1 fully saturated rings. The van der Waals surface area contributed by atoms with Crippen LogP contribution in [0.2, 0.25) is 0 Å². The molecule has 1 aromatic carbocycles. The number of amides is 1. The van der Waals surface area contributed by atoms with Gasteiger partial charge >= 0.3 is 0 Å². The molecule has 3 aromatic rings. The number of hydrogen-bond acceptors (Lipinski definition) is 7. The van der Waals surface area contributed by atoms with E-state index in [0.717, 1.165) is 23.0 Å². The largest absolute Gasteiger partial charge is 0.486 e. The first-order valence-electron chi connectivity index (χ1n) is 9.88. The second-order valence-electron chi connectivity index (χ2n) is 7.52. The van der Waals surface area contributed by atoms with Gasteiger partial charge in [0.1, 0.15) is 25.4 Å². The van der Waals surface area contributed by atoms with Crippen LogP contribution in [0.1, 0.15) is 11.4 Å². The molecule has 5 rings (SSSR count). The molecule has 9 nitrogen and oxygen atoms in total. The number of fused-ring (bicyclic) bond motifs is 1. The Morgan fingerprint density at radius 1 is 1.03 bits per heavy atom. The van der Waals surface area contributed by atoms with E-state index in [1.807, 2.05) is 38.1 Å². The van der Waals surface area contributed by atoms with Crippen molar-refractivity contribution in [3.05, 3.63) is 48.0 Å². The summed E-state index contributed by atoms with van der Waals surface area (Å²) in [6.07, 6.45) is 1.53. The standard InChI is InChI=1S/C21H22N6O3/c1-13-7-14(2)27(25-13)20-9-19(22-12-23-20)26-10-15(11-26)21(28)24-16-3-4-17-18(8-16)30-6-5-29-17/h3-4,7-9,12,15H,5-6,10-11H2,1-2H3,(H,24,28). The molecule has 0 unspecified atom stereocenters. The predicted octanol–water partition coefficient (Wildman–Crippen LogP) is 2.13. The van der Waals surface area contributed by atoms with Crippen LogP contribution in [0.4, 0.5) is 11.5 Å². The maximum Gasteiger partial charge on any atom is 0.231 e. The van der Waals surface area contributed by atoms with E-state index in [0.29, 0.717) is 43.5 Å². The zero-order valence-electron chi connectivity index (χ0n) is 16.8. The minimum atomic E-state index is -0.106. The molecule has 1 N–H and O–H groups in total. The van der Waals surface area contributed by atoms with E-state index in [-0.39, 0.29) is 11.8 Å². The lowest BCUT2D eigenvalue weighted by molar-refractivity contribution is -0.120. The minimum absolute atomic E-state index is 0.0178. The van der Waals surface area contributed by atoms with Crippen LogP contribution < -0.4 is 19.7 Å². The third kappa shape index (κ3) is 3.42. The number of rotatable bonds is 4. The summed E-state index contributed by atoms with van der Waals surface area (Å²) in [7, 11) is 0. The topological polar surface area (TPSA) is 94.4 Å². The predicted molar refractivity (Wildman–Crippen MR) is 110 cm³/mol. The summed E-state index contributed by atoms with van der Waals surface area (Å²) >= 11 is 0. The maximum atomic E-state index is 12.6. The normalized spacial score (nSPS) is 15.6.